The molecule has 0 bridgehead atoms. The van der Waals surface area contributed by atoms with E-state index in [0.29, 0.717) is 0 Å². The van der Waals surface area contributed by atoms with Gasteiger partial charge in [-0.1, -0.05) is 62.9 Å². The second-order valence-corrected chi connectivity index (χ2v) is 4.69. The minimum atomic E-state index is 0.820. The van der Waals surface area contributed by atoms with E-state index in [1.54, 1.807) is 0 Å². The number of benzene rings is 1. The molecule has 0 aliphatic carbocycles. The fourth-order valence-electron chi connectivity index (χ4n) is 1.88. The first kappa shape index (κ1) is 15.2. The van der Waals surface area contributed by atoms with Crippen LogP contribution in [0.4, 0.5) is 0 Å². The van der Waals surface area contributed by atoms with E-state index in [-0.39, 0.29) is 0 Å². The Morgan fingerprint density at radius 2 is 1.72 bits per heavy atom. The summed E-state index contributed by atoms with van der Waals surface area (Å²) in [5.74, 6) is 0. The van der Waals surface area contributed by atoms with Crippen molar-refractivity contribution in [2.75, 3.05) is 19.8 Å². The van der Waals surface area contributed by atoms with Gasteiger partial charge in [-0.3, -0.25) is 0 Å². The third kappa shape index (κ3) is 8.26. The van der Waals surface area contributed by atoms with Crippen molar-refractivity contribution in [3.8, 4) is 0 Å². The quantitative estimate of drug-likeness (QED) is 0.603. The van der Waals surface area contributed by atoms with Crippen LogP contribution >= 0.6 is 0 Å². The fraction of sp³-hybridized carbons (Fsp3) is 0.625. The number of unbranched alkanes of at least 4 members (excludes halogenated alkanes) is 4. The smallest absolute Gasteiger partial charge is 0.0591 e. The maximum atomic E-state index is 5.59. The Morgan fingerprint density at radius 3 is 2.50 bits per heavy atom. The predicted octanol–water partition coefficient (Wildman–Crippen LogP) is 3.76. The number of rotatable bonds is 11. The third-order valence-corrected chi connectivity index (χ3v) is 2.99. The molecule has 0 radical (unpaired) electrons. The van der Waals surface area contributed by atoms with E-state index in [0.717, 1.165) is 26.3 Å². The molecule has 0 unspecified atom stereocenters. The number of ether oxygens (including phenoxy) is 1. The van der Waals surface area contributed by atoms with Gasteiger partial charge >= 0.3 is 0 Å². The topological polar surface area (TPSA) is 21.3 Å². The molecule has 0 saturated heterocycles. The molecule has 1 N–H and O–H groups in total. The van der Waals surface area contributed by atoms with Crippen LogP contribution < -0.4 is 5.32 Å². The summed E-state index contributed by atoms with van der Waals surface area (Å²) < 4.78 is 5.59. The standard InChI is InChI=1S/C16H27NO/c1-2-3-4-5-9-13-18-14-12-17-15-16-10-7-6-8-11-16/h6-8,10-11,17H,2-5,9,12-15H2,1H3. The Kier molecular flexibility index (Phi) is 9.49. The summed E-state index contributed by atoms with van der Waals surface area (Å²) in [6.45, 7) is 5.84. The van der Waals surface area contributed by atoms with Crippen molar-refractivity contribution < 1.29 is 4.74 Å². The maximum absolute atomic E-state index is 5.59. The van der Waals surface area contributed by atoms with E-state index in [2.05, 4.69) is 36.5 Å². The molecule has 2 nitrogen and oxygen atoms in total. The van der Waals surface area contributed by atoms with Gasteiger partial charge in [0.05, 0.1) is 6.61 Å². The van der Waals surface area contributed by atoms with Crippen molar-refractivity contribution in [2.24, 2.45) is 0 Å². The first-order valence-electron chi connectivity index (χ1n) is 7.26. The van der Waals surface area contributed by atoms with Crippen molar-refractivity contribution in [3.63, 3.8) is 0 Å². The highest BCUT2D eigenvalue weighted by Gasteiger charge is 1.92. The molecule has 0 aliphatic rings. The van der Waals surface area contributed by atoms with Gasteiger partial charge in [-0.05, 0) is 12.0 Å². The summed E-state index contributed by atoms with van der Waals surface area (Å²) in [5.41, 5.74) is 1.33. The average molecular weight is 249 g/mol. The van der Waals surface area contributed by atoms with Crippen molar-refractivity contribution >= 4 is 0 Å². The van der Waals surface area contributed by atoms with Gasteiger partial charge in [0, 0.05) is 19.7 Å². The van der Waals surface area contributed by atoms with Crippen LogP contribution in [0.15, 0.2) is 30.3 Å². The zero-order chi connectivity index (χ0) is 12.9. The molecule has 102 valence electrons. The van der Waals surface area contributed by atoms with Gasteiger partial charge in [0.15, 0.2) is 0 Å². The van der Waals surface area contributed by atoms with Crippen LogP contribution in [0.1, 0.15) is 44.6 Å². The van der Waals surface area contributed by atoms with Crippen LogP contribution in [0.3, 0.4) is 0 Å². The lowest BCUT2D eigenvalue weighted by Crippen LogP contribution is -2.19. The van der Waals surface area contributed by atoms with Crippen LogP contribution in [-0.4, -0.2) is 19.8 Å². The van der Waals surface area contributed by atoms with Gasteiger partial charge in [-0.2, -0.15) is 0 Å². The van der Waals surface area contributed by atoms with E-state index in [4.69, 9.17) is 4.74 Å². The molecule has 0 saturated carbocycles. The summed E-state index contributed by atoms with van der Waals surface area (Å²) in [5, 5.41) is 3.39. The highest BCUT2D eigenvalue weighted by molar-refractivity contribution is 5.14. The molecular weight excluding hydrogens is 222 g/mol. The van der Waals surface area contributed by atoms with Crippen LogP contribution in [0, 0.1) is 0 Å². The minimum absolute atomic E-state index is 0.820. The summed E-state index contributed by atoms with van der Waals surface area (Å²) in [6, 6.07) is 10.5. The summed E-state index contributed by atoms with van der Waals surface area (Å²) >= 11 is 0. The van der Waals surface area contributed by atoms with E-state index in [9.17, 15) is 0 Å². The van der Waals surface area contributed by atoms with E-state index in [1.165, 1.54) is 37.7 Å². The highest BCUT2D eigenvalue weighted by Crippen LogP contribution is 2.02. The Bertz CT molecular complexity index is 274. The molecule has 1 aromatic carbocycles. The molecule has 0 amide bonds. The number of hydrogen-bond donors (Lipinski definition) is 1. The first-order valence-corrected chi connectivity index (χ1v) is 7.26. The highest BCUT2D eigenvalue weighted by atomic mass is 16.5. The summed E-state index contributed by atoms with van der Waals surface area (Å²) in [4.78, 5) is 0. The summed E-state index contributed by atoms with van der Waals surface area (Å²) in [6.07, 6.45) is 6.54. The van der Waals surface area contributed by atoms with Crippen molar-refractivity contribution in [1.82, 2.24) is 5.32 Å². The van der Waals surface area contributed by atoms with Gasteiger partial charge in [0.2, 0.25) is 0 Å². The second kappa shape index (κ2) is 11.2. The van der Waals surface area contributed by atoms with Gasteiger partial charge in [-0.15, -0.1) is 0 Å². The Balaban J connectivity index is 1.82. The molecule has 0 aromatic heterocycles. The van der Waals surface area contributed by atoms with Crippen molar-refractivity contribution in [2.45, 2.75) is 45.6 Å². The second-order valence-electron chi connectivity index (χ2n) is 4.69. The number of hydrogen-bond acceptors (Lipinski definition) is 2. The average Bonchev–Trinajstić information content (AvgIpc) is 2.42. The molecule has 0 aliphatic heterocycles. The van der Waals surface area contributed by atoms with Crippen LogP contribution in [0.2, 0.25) is 0 Å². The van der Waals surface area contributed by atoms with E-state index in [1.807, 2.05) is 6.07 Å². The molecule has 0 spiro atoms. The molecule has 18 heavy (non-hydrogen) atoms. The number of nitrogens with one attached hydrogen (secondary N) is 1. The van der Waals surface area contributed by atoms with Gasteiger partial charge in [0.25, 0.3) is 0 Å². The Morgan fingerprint density at radius 1 is 0.944 bits per heavy atom. The van der Waals surface area contributed by atoms with Crippen LogP contribution in [-0.2, 0) is 11.3 Å². The predicted molar refractivity (Wildman–Crippen MR) is 77.7 cm³/mol. The van der Waals surface area contributed by atoms with Gasteiger partial charge in [0.1, 0.15) is 0 Å². The van der Waals surface area contributed by atoms with Crippen molar-refractivity contribution in [3.05, 3.63) is 35.9 Å². The Hall–Kier alpha value is -0.860. The normalized spacial score (nSPS) is 10.7. The largest absolute Gasteiger partial charge is 0.380 e. The van der Waals surface area contributed by atoms with Crippen LogP contribution in [0.25, 0.3) is 0 Å². The minimum Gasteiger partial charge on any atom is -0.380 e. The molecule has 1 rings (SSSR count). The fourth-order valence-corrected chi connectivity index (χ4v) is 1.88. The lowest BCUT2D eigenvalue weighted by atomic mass is 10.2. The van der Waals surface area contributed by atoms with Gasteiger partial charge < -0.3 is 10.1 Å². The third-order valence-electron chi connectivity index (χ3n) is 2.99. The van der Waals surface area contributed by atoms with Gasteiger partial charge in [-0.25, -0.2) is 0 Å². The molecule has 2 heteroatoms. The van der Waals surface area contributed by atoms with Crippen LogP contribution in [0.5, 0.6) is 0 Å². The molecule has 0 atom stereocenters. The zero-order valence-corrected chi connectivity index (χ0v) is 11.7. The molecular formula is C16H27NO. The van der Waals surface area contributed by atoms with Crippen molar-refractivity contribution in [1.29, 1.82) is 0 Å². The lowest BCUT2D eigenvalue weighted by Gasteiger charge is -2.06. The van der Waals surface area contributed by atoms with E-state index < -0.39 is 0 Å². The molecule has 0 heterocycles. The lowest BCUT2D eigenvalue weighted by molar-refractivity contribution is 0.131. The molecule has 1 aromatic rings. The monoisotopic (exact) mass is 249 g/mol. The zero-order valence-electron chi connectivity index (χ0n) is 11.7. The molecule has 0 fully saturated rings. The maximum Gasteiger partial charge on any atom is 0.0591 e. The first-order chi connectivity index (χ1) is 8.93. The Labute approximate surface area is 112 Å². The summed E-state index contributed by atoms with van der Waals surface area (Å²) in [7, 11) is 0. The van der Waals surface area contributed by atoms with E-state index >= 15 is 0 Å². The SMILES string of the molecule is CCCCCCCOCCNCc1ccccc1.